The van der Waals surface area contributed by atoms with Crippen molar-refractivity contribution >= 4 is 11.3 Å². The third kappa shape index (κ3) is 2.24. The number of rotatable bonds is 3. The molecule has 2 heterocycles. The summed E-state index contributed by atoms with van der Waals surface area (Å²) in [5.74, 6) is 0. The molecule has 0 atom stereocenters. The van der Waals surface area contributed by atoms with Crippen molar-refractivity contribution in [1.29, 1.82) is 0 Å². The molecule has 2 aromatic heterocycles. The van der Waals surface area contributed by atoms with Gasteiger partial charge in [-0.15, -0.1) is 11.3 Å². The fraction of sp³-hybridized carbons (Fsp3) is 0.273. The maximum absolute atomic E-state index is 12.5. The third-order valence-corrected chi connectivity index (χ3v) is 3.35. The van der Waals surface area contributed by atoms with E-state index in [-0.39, 0.29) is 5.56 Å². The minimum Gasteiger partial charge on any atom is -0.263 e. The van der Waals surface area contributed by atoms with Crippen molar-refractivity contribution in [2.75, 3.05) is 0 Å². The highest BCUT2D eigenvalue weighted by atomic mass is 32.1. The first-order valence-electron chi connectivity index (χ1n) is 4.89. The topological polar surface area (TPSA) is 25.8 Å². The molecule has 0 spiro atoms. The summed E-state index contributed by atoms with van der Waals surface area (Å²) >= 11 is 1.51. The average Bonchev–Trinajstić information content (AvgIpc) is 2.77. The van der Waals surface area contributed by atoms with E-state index in [4.69, 9.17) is 0 Å². The molecule has 0 N–H and O–H groups in total. The highest BCUT2D eigenvalue weighted by Gasteiger charge is 2.10. The van der Waals surface area contributed by atoms with Gasteiger partial charge < -0.3 is 0 Å². The Bertz CT molecular complexity index is 482. The number of thiazole rings is 1. The van der Waals surface area contributed by atoms with E-state index in [0.29, 0.717) is 5.56 Å². The Morgan fingerprint density at radius 3 is 2.75 bits per heavy atom. The van der Waals surface area contributed by atoms with Gasteiger partial charge in [-0.1, -0.05) is 6.92 Å². The number of nitrogens with zero attached hydrogens (tertiary/aromatic N) is 2. The fourth-order valence-corrected chi connectivity index (χ4v) is 2.13. The first kappa shape index (κ1) is 11.1. The molecule has 0 radical (unpaired) electrons. The molecule has 0 aliphatic rings. The van der Waals surface area contributed by atoms with Gasteiger partial charge in [-0.25, -0.2) is 13.8 Å². The molecular formula is C11H10F2N2S. The summed E-state index contributed by atoms with van der Waals surface area (Å²) in [6, 6.07) is 1.44. The number of hydrogen-bond acceptors (Lipinski definition) is 3. The Labute approximate surface area is 96.0 Å². The normalized spacial score (nSPS) is 11.0. The molecule has 0 bridgehead atoms. The van der Waals surface area contributed by atoms with E-state index in [1.165, 1.54) is 23.6 Å². The molecule has 0 aliphatic heterocycles. The van der Waals surface area contributed by atoms with Crippen LogP contribution < -0.4 is 0 Å². The summed E-state index contributed by atoms with van der Waals surface area (Å²) in [7, 11) is 0. The Morgan fingerprint density at radius 2 is 2.12 bits per heavy atom. The smallest absolute Gasteiger partial charge is 0.263 e. The molecule has 2 aromatic rings. The molecular weight excluding hydrogens is 230 g/mol. The summed E-state index contributed by atoms with van der Waals surface area (Å²) in [6.45, 7) is 2.03. The van der Waals surface area contributed by atoms with Gasteiger partial charge in [-0.3, -0.25) is 4.98 Å². The molecule has 5 heteroatoms. The summed E-state index contributed by atoms with van der Waals surface area (Å²) in [4.78, 5) is 9.13. The van der Waals surface area contributed by atoms with Gasteiger partial charge in [0, 0.05) is 34.6 Å². The highest BCUT2D eigenvalue weighted by Crippen LogP contribution is 2.27. The van der Waals surface area contributed by atoms with Crippen LogP contribution in [0, 0.1) is 0 Å². The van der Waals surface area contributed by atoms with E-state index in [9.17, 15) is 8.78 Å². The molecule has 16 heavy (non-hydrogen) atoms. The van der Waals surface area contributed by atoms with Crippen LogP contribution >= 0.6 is 11.3 Å². The number of aryl methyl sites for hydroxylation is 1. The zero-order valence-electron chi connectivity index (χ0n) is 8.65. The third-order valence-electron chi connectivity index (χ3n) is 2.16. The molecule has 0 unspecified atom stereocenters. The van der Waals surface area contributed by atoms with Crippen LogP contribution in [-0.2, 0) is 6.42 Å². The average molecular weight is 240 g/mol. The first-order chi connectivity index (χ1) is 7.70. The number of aromatic nitrogens is 2. The van der Waals surface area contributed by atoms with E-state index in [2.05, 4.69) is 9.97 Å². The maximum atomic E-state index is 12.5. The van der Waals surface area contributed by atoms with Crippen molar-refractivity contribution in [3.05, 3.63) is 35.1 Å². The van der Waals surface area contributed by atoms with Gasteiger partial charge in [0.05, 0.1) is 0 Å². The monoisotopic (exact) mass is 240 g/mol. The lowest BCUT2D eigenvalue weighted by molar-refractivity contribution is 0.151. The number of hydrogen-bond donors (Lipinski definition) is 0. The van der Waals surface area contributed by atoms with Crippen molar-refractivity contribution in [2.45, 2.75) is 19.8 Å². The van der Waals surface area contributed by atoms with Crippen molar-refractivity contribution in [1.82, 2.24) is 9.97 Å². The Hall–Kier alpha value is -1.36. The summed E-state index contributed by atoms with van der Waals surface area (Å²) < 4.78 is 25.0. The molecule has 0 aliphatic carbocycles. The zero-order chi connectivity index (χ0) is 11.5. The quantitative estimate of drug-likeness (QED) is 0.817. The van der Waals surface area contributed by atoms with E-state index < -0.39 is 6.43 Å². The van der Waals surface area contributed by atoms with Gasteiger partial charge in [-0.2, -0.15) is 0 Å². The Kier molecular flexibility index (Phi) is 3.24. The van der Waals surface area contributed by atoms with Crippen LogP contribution in [0.25, 0.3) is 10.6 Å². The van der Waals surface area contributed by atoms with Gasteiger partial charge in [0.1, 0.15) is 5.01 Å². The second kappa shape index (κ2) is 4.65. The number of halogens is 2. The van der Waals surface area contributed by atoms with E-state index in [0.717, 1.165) is 16.3 Å². The van der Waals surface area contributed by atoms with Crippen LogP contribution in [0.5, 0.6) is 0 Å². The summed E-state index contributed by atoms with van der Waals surface area (Å²) in [5.41, 5.74) is 0.591. The van der Waals surface area contributed by atoms with E-state index in [1.807, 2.05) is 6.92 Å². The SMILES string of the molecule is CCc1cnc(-c2cncc(C(F)F)c2)s1. The van der Waals surface area contributed by atoms with Gasteiger partial charge in [-0.05, 0) is 12.5 Å². The molecule has 0 saturated heterocycles. The predicted octanol–water partition coefficient (Wildman–Crippen LogP) is 3.71. The second-order valence-corrected chi connectivity index (χ2v) is 4.41. The molecule has 0 amide bonds. The van der Waals surface area contributed by atoms with Crippen LogP contribution in [0.15, 0.2) is 24.7 Å². The minimum atomic E-state index is -2.49. The van der Waals surface area contributed by atoms with Crippen LogP contribution in [0.1, 0.15) is 23.8 Å². The fourth-order valence-electron chi connectivity index (χ4n) is 1.30. The molecule has 0 aromatic carbocycles. The van der Waals surface area contributed by atoms with Crippen molar-refractivity contribution in [3.8, 4) is 10.6 Å². The largest absolute Gasteiger partial charge is 0.265 e. The molecule has 0 fully saturated rings. The lowest BCUT2D eigenvalue weighted by Crippen LogP contribution is -1.87. The second-order valence-electron chi connectivity index (χ2n) is 3.29. The highest BCUT2D eigenvalue weighted by molar-refractivity contribution is 7.15. The number of alkyl halides is 2. The van der Waals surface area contributed by atoms with Gasteiger partial charge in [0.2, 0.25) is 0 Å². The van der Waals surface area contributed by atoms with Gasteiger partial charge in [0.25, 0.3) is 6.43 Å². The van der Waals surface area contributed by atoms with Crippen molar-refractivity contribution < 1.29 is 8.78 Å². The van der Waals surface area contributed by atoms with Crippen LogP contribution in [0.2, 0.25) is 0 Å². The number of pyridine rings is 1. The van der Waals surface area contributed by atoms with Crippen LogP contribution in [0.4, 0.5) is 8.78 Å². The summed E-state index contributed by atoms with van der Waals surface area (Å²) in [6.07, 6.45) is 2.93. The standard InChI is InChI=1S/C11H10F2N2S/c1-2-9-6-15-11(16-9)8-3-7(10(12)13)4-14-5-8/h3-6,10H,2H2,1H3. The van der Waals surface area contributed by atoms with Crippen LogP contribution in [-0.4, -0.2) is 9.97 Å². The molecule has 2 rings (SSSR count). The van der Waals surface area contributed by atoms with Gasteiger partial charge in [0.15, 0.2) is 0 Å². The lowest BCUT2D eigenvalue weighted by atomic mass is 10.2. The Morgan fingerprint density at radius 1 is 1.31 bits per heavy atom. The van der Waals surface area contributed by atoms with Gasteiger partial charge >= 0.3 is 0 Å². The molecule has 2 nitrogen and oxygen atoms in total. The zero-order valence-corrected chi connectivity index (χ0v) is 9.47. The first-order valence-corrected chi connectivity index (χ1v) is 5.70. The molecule has 84 valence electrons. The van der Waals surface area contributed by atoms with Crippen molar-refractivity contribution in [2.24, 2.45) is 0 Å². The lowest BCUT2D eigenvalue weighted by Gasteiger charge is -2.00. The summed E-state index contributed by atoms with van der Waals surface area (Å²) in [5, 5.41) is 0.742. The minimum absolute atomic E-state index is 0.0641. The van der Waals surface area contributed by atoms with Crippen LogP contribution in [0.3, 0.4) is 0 Å². The Balaban J connectivity index is 2.36. The van der Waals surface area contributed by atoms with Crippen molar-refractivity contribution in [3.63, 3.8) is 0 Å². The van der Waals surface area contributed by atoms with E-state index in [1.54, 1.807) is 12.4 Å². The predicted molar refractivity (Wildman–Crippen MR) is 59.7 cm³/mol. The maximum Gasteiger partial charge on any atom is 0.265 e. The molecule has 0 saturated carbocycles. The van der Waals surface area contributed by atoms with E-state index >= 15 is 0 Å².